The first-order valence-electron chi connectivity index (χ1n) is 6.26. The molecule has 0 spiro atoms. The Labute approximate surface area is 110 Å². The van der Waals surface area contributed by atoms with E-state index in [1.54, 1.807) is 12.5 Å². The number of amides is 2. The number of aromatic nitrogens is 2. The normalized spacial score (nSPS) is 31.0. The van der Waals surface area contributed by atoms with Crippen molar-refractivity contribution in [2.45, 2.75) is 25.4 Å². The van der Waals surface area contributed by atoms with E-state index in [1.807, 2.05) is 11.6 Å². The number of nitrogens with one attached hydrogen (secondary N) is 2. The van der Waals surface area contributed by atoms with Crippen molar-refractivity contribution in [3.63, 3.8) is 0 Å². The van der Waals surface area contributed by atoms with Crippen LogP contribution in [0.4, 0.5) is 4.79 Å². The average molecular weight is 264 g/mol. The smallest absolute Gasteiger partial charge is 0.315 e. The van der Waals surface area contributed by atoms with Crippen LogP contribution in [0.5, 0.6) is 0 Å². The Morgan fingerprint density at radius 2 is 2.37 bits per heavy atom. The summed E-state index contributed by atoms with van der Waals surface area (Å²) in [6.45, 7) is 0.407. The lowest BCUT2D eigenvalue weighted by atomic mass is 9.80. The Hall–Kier alpha value is -2.05. The van der Waals surface area contributed by atoms with Gasteiger partial charge in [0.2, 0.25) is 0 Å². The standard InChI is InChI=1S/C12H16N4O3/c1-16-6-13-4-7(16)5-14-11(19)15-9-3-12(10(17)18)2-8(9)12/h4,6,8-9H,2-3,5H2,1H3,(H,17,18)(H2,14,15,19)/t8-,9-,12-/m1/s1. The van der Waals surface area contributed by atoms with Crippen LogP contribution in [0.15, 0.2) is 12.5 Å². The molecule has 102 valence electrons. The highest BCUT2D eigenvalue weighted by molar-refractivity contribution is 5.82. The predicted molar refractivity (Wildman–Crippen MR) is 65.2 cm³/mol. The Morgan fingerprint density at radius 3 is 2.89 bits per heavy atom. The first-order chi connectivity index (χ1) is 9.03. The first-order valence-corrected chi connectivity index (χ1v) is 6.26. The molecule has 1 aromatic heterocycles. The van der Waals surface area contributed by atoms with E-state index in [9.17, 15) is 9.59 Å². The number of nitrogens with zero attached hydrogens (tertiary/aromatic N) is 2. The molecule has 3 atom stereocenters. The van der Waals surface area contributed by atoms with Gasteiger partial charge in [-0.2, -0.15) is 0 Å². The second kappa shape index (κ2) is 3.97. The minimum atomic E-state index is -0.731. The third-order valence-corrected chi connectivity index (χ3v) is 4.29. The van der Waals surface area contributed by atoms with Crippen LogP contribution in [0.3, 0.4) is 0 Å². The summed E-state index contributed by atoms with van der Waals surface area (Å²) in [5.41, 5.74) is 0.384. The largest absolute Gasteiger partial charge is 0.481 e. The van der Waals surface area contributed by atoms with Crippen molar-refractivity contribution in [1.29, 1.82) is 0 Å². The zero-order chi connectivity index (χ0) is 13.6. The second-order valence-corrected chi connectivity index (χ2v) is 5.41. The van der Waals surface area contributed by atoms with Crippen molar-refractivity contribution < 1.29 is 14.7 Å². The fourth-order valence-electron chi connectivity index (χ4n) is 2.90. The summed E-state index contributed by atoms with van der Waals surface area (Å²) in [7, 11) is 1.86. The zero-order valence-electron chi connectivity index (χ0n) is 10.6. The number of carboxylic acid groups (broad SMARTS) is 1. The van der Waals surface area contributed by atoms with Crippen molar-refractivity contribution in [1.82, 2.24) is 20.2 Å². The Balaban J connectivity index is 1.44. The average Bonchev–Trinajstić information content (AvgIpc) is 2.75. The van der Waals surface area contributed by atoms with E-state index in [0.717, 1.165) is 5.69 Å². The van der Waals surface area contributed by atoms with Gasteiger partial charge in [-0.15, -0.1) is 0 Å². The van der Waals surface area contributed by atoms with Gasteiger partial charge < -0.3 is 20.3 Å². The van der Waals surface area contributed by atoms with Gasteiger partial charge in [0.15, 0.2) is 0 Å². The Bertz CT molecular complexity index is 541. The van der Waals surface area contributed by atoms with E-state index in [4.69, 9.17) is 5.11 Å². The van der Waals surface area contributed by atoms with Crippen molar-refractivity contribution in [3.05, 3.63) is 18.2 Å². The summed E-state index contributed by atoms with van der Waals surface area (Å²) >= 11 is 0. The van der Waals surface area contributed by atoms with Gasteiger partial charge in [-0.1, -0.05) is 0 Å². The van der Waals surface area contributed by atoms with Crippen molar-refractivity contribution >= 4 is 12.0 Å². The number of aliphatic carboxylic acids is 1. The molecule has 2 aliphatic rings. The van der Waals surface area contributed by atoms with Gasteiger partial charge in [-0.05, 0) is 18.8 Å². The molecular formula is C12H16N4O3. The minimum Gasteiger partial charge on any atom is -0.481 e. The molecule has 1 aromatic rings. The molecular weight excluding hydrogens is 248 g/mol. The quantitative estimate of drug-likeness (QED) is 0.717. The summed E-state index contributed by atoms with van der Waals surface area (Å²) in [6.07, 6.45) is 4.60. The monoisotopic (exact) mass is 264 g/mol. The van der Waals surface area contributed by atoms with Crippen molar-refractivity contribution in [3.8, 4) is 0 Å². The zero-order valence-corrected chi connectivity index (χ0v) is 10.6. The summed E-state index contributed by atoms with van der Waals surface area (Å²) < 4.78 is 1.83. The molecule has 0 radical (unpaired) electrons. The van der Waals surface area contributed by atoms with Gasteiger partial charge >= 0.3 is 12.0 Å². The maximum Gasteiger partial charge on any atom is 0.315 e. The highest BCUT2D eigenvalue weighted by Crippen LogP contribution is 2.67. The van der Waals surface area contributed by atoms with Crippen LogP contribution in [0.2, 0.25) is 0 Å². The van der Waals surface area contributed by atoms with Gasteiger partial charge in [-0.3, -0.25) is 4.79 Å². The van der Waals surface area contributed by atoms with Crippen molar-refractivity contribution in [2.24, 2.45) is 18.4 Å². The fourth-order valence-corrected chi connectivity index (χ4v) is 2.90. The predicted octanol–water partition coefficient (Wildman–Crippen LogP) is 0.0825. The summed E-state index contributed by atoms with van der Waals surface area (Å²) in [5, 5.41) is 14.6. The van der Waals surface area contributed by atoms with E-state index >= 15 is 0 Å². The number of urea groups is 1. The minimum absolute atomic E-state index is 0.00244. The Kier molecular flexibility index (Phi) is 2.51. The molecule has 2 saturated carbocycles. The number of fused-ring (bicyclic) bond motifs is 1. The molecule has 1 heterocycles. The molecule has 2 aliphatic carbocycles. The highest BCUT2D eigenvalue weighted by atomic mass is 16.4. The first kappa shape index (κ1) is 12.0. The molecule has 0 saturated heterocycles. The summed E-state index contributed by atoms with van der Waals surface area (Å²) in [5.74, 6) is -0.613. The summed E-state index contributed by atoms with van der Waals surface area (Å²) in [6, 6.07) is -0.250. The van der Waals surface area contributed by atoms with E-state index in [2.05, 4.69) is 15.6 Å². The van der Waals surface area contributed by atoms with Crippen LogP contribution in [-0.2, 0) is 18.4 Å². The topological polar surface area (TPSA) is 96.3 Å². The SMILES string of the molecule is Cn1cncc1CNC(=O)N[C@@H]1C[C@]2(C(=O)O)C[C@H]12. The van der Waals surface area contributed by atoms with Crippen LogP contribution in [-0.4, -0.2) is 32.7 Å². The number of carbonyl (C=O) groups is 2. The summed E-state index contributed by atoms with van der Waals surface area (Å²) in [4.78, 5) is 26.6. The number of aryl methyl sites for hydroxylation is 1. The third kappa shape index (κ3) is 1.85. The van der Waals surface area contributed by atoms with Crippen LogP contribution in [0.25, 0.3) is 0 Å². The van der Waals surface area contributed by atoms with Crippen LogP contribution in [0, 0.1) is 11.3 Å². The van der Waals surface area contributed by atoms with Crippen LogP contribution in [0.1, 0.15) is 18.5 Å². The van der Waals surface area contributed by atoms with Gasteiger partial charge in [0, 0.05) is 19.3 Å². The number of carboxylic acids is 1. The number of hydrogen-bond donors (Lipinski definition) is 3. The van der Waals surface area contributed by atoms with E-state index < -0.39 is 11.4 Å². The van der Waals surface area contributed by atoms with Crippen LogP contribution < -0.4 is 10.6 Å². The molecule has 19 heavy (non-hydrogen) atoms. The van der Waals surface area contributed by atoms with Gasteiger partial charge in [0.25, 0.3) is 0 Å². The van der Waals surface area contributed by atoms with Crippen LogP contribution >= 0.6 is 0 Å². The second-order valence-electron chi connectivity index (χ2n) is 5.41. The molecule has 7 nitrogen and oxygen atoms in total. The highest BCUT2D eigenvalue weighted by Gasteiger charge is 2.72. The lowest BCUT2D eigenvalue weighted by Gasteiger charge is -2.32. The molecule has 2 fully saturated rings. The number of carbonyl (C=O) groups excluding carboxylic acids is 1. The maximum absolute atomic E-state index is 11.7. The third-order valence-electron chi connectivity index (χ3n) is 4.29. The fraction of sp³-hybridized carbons (Fsp3) is 0.583. The molecule has 0 aromatic carbocycles. The number of rotatable bonds is 4. The Morgan fingerprint density at radius 1 is 1.58 bits per heavy atom. The van der Waals surface area contributed by atoms with Crippen molar-refractivity contribution in [2.75, 3.05) is 0 Å². The molecule has 2 amide bonds. The number of hydrogen-bond acceptors (Lipinski definition) is 3. The van der Waals surface area contributed by atoms with E-state index in [-0.39, 0.29) is 18.0 Å². The molecule has 0 bridgehead atoms. The molecule has 0 aliphatic heterocycles. The maximum atomic E-state index is 11.7. The van der Waals surface area contributed by atoms with Gasteiger partial charge in [0.05, 0.1) is 24.0 Å². The van der Waals surface area contributed by atoms with Gasteiger partial charge in [-0.25, -0.2) is 9.78 Å². The molecule has 0 unspecified atom stereocenters. The lowest BCUT2D eigenvalue weighted by molar-refractivity contribution is -0.147. The lowest BCUT2D eigenvalue weighted by Crippen LogP contribution is -2.51. The molecule has 3 rings (SSSR count). The molecule has 7 heteroatoms. The van der Waals surface area contributed by atoms with E-state index in [0.29, 0.717) is 19.4 Å². The van der Waals surface area contributed by atoms with Gasteiger partial charge in [0.1, 0.15) is 0 Å². The number of imidazole rings is 1. The molecule has 3 N–H and O–H groups in total. The van der Waals surface area contributed by atoms with E-state index in [1.165, 1.54) is 0 Å².